The number of hydrogen-bond donors (Lipinski definition) is 3. The largest absolute Gasteiger partial charge is 0.481 e. The van der Waals surface area contributed by atoms with Crippen molar-refractivity contribution in [1.82, 2.24) is 5.32 Å². The van der Waals surface area contributed by atoms with Crippen molar-refractivity contribution >= 4 is 19.8 Å². The van der Waals surface area contributed by atoms with Gasteiger partial charge < -0.3 is 15.5 Å². The third-order valence-electron chi connectivity index (χ3n) is 3.32. The molecule has 0 aliphatic rings. The van der Waals surface area contributed by atoms with Crippen molar-refractivity contribution in [3.05, 3.63) is 0 Å². The van der Waals surface area contributed by atoms with Gasteiger partial charge in [0, 0.05) is 5.31 Å². The van der Waals surface area contributed by atoms with Gasteiger partial charge in [-0.3, -0.25) is 9.59 Å². The second-order valence-corrected chi connectivity index (χ2v) is 5.09. The third-order valence-corrected chi connectivity index (χ3v) is 3.32. The van der Waals surface area contributed by atoms with Crippen molar-refractivity contribution in [2.24, 2.45) is 0 Å². The lowest BCUT2D eigenvalue weighted by molar-refractivity contribution is -0.141. The minimum atomic E-state index is -0.887. The SMILES string of the molecule is BC(CCCC)(CCCNC(C)C(=O)O)C(=O)O. The molecular formula is C12H24BNO4. The summed E-state index contributed by atoms with van der Waals surface area (Å²) >= 11 is 0. The van der Waals surface area contributed by atoms with E-state index in [2.05, 4.69) is 5.32 Å². The molecule has 5 nitrogen and oxygen atoms in total. The van der Waals surface area contributed by atoms with Crippen molar-refractivity contribution in [2.75, 3.05) is 6.54 Å². The zero-order chi connectivity index (χ0) is 14.2. The maximum atomic E-state index is 11.2. The van der Waals surface area contributed by atoms with Crippen molar-refractivity contribution in [3.8, 4) is 0 Å². The molecule has 0 fully saturated rings. The molecule has 0 amide bonds. The van der Waals surface area contributed by atoms with Crippen molar-refractivity contribution in [2.45, 2.75) is 57.3 Å². The van der Waals surface area contributed by atoms with Gasteiger partial charge in [-0.15, -0.1) is 0 Å². The summed E-state index contributed by atoms with van der Waals surface area (Å²) in [4.78, 5) is 21.8. The Labute approximate surface area is 109 Å². The molecule has 0 heterocycles. The molecule has 0 radical (unpaired) electrons. The number of carboxylic acids is 2. The standard InChI is InChI=1S/C12H24BNO4/c1-3-4-6-12(13,11(17)18)7-5-8-14-9(2)10(15)16/h9,14H,3-8,13H2,1-2H3,(H,15,16)(H,17,18). The van der Waals surface area contributed by atoms with E-state index in [1.165, 1.54) is 0 Å². The van der Waals surface area contributed by atoms with Gasteiger partial charge in [-0.25, -0.2) is 0 Å². The van der Waals surface area contributed by atoms with Crippen LogP contribution in [0.1, 0.15) is 46.0 Å². The minimum Gasteiger partial charge on any atom is -0.481 e. The Hall–Kier alpha value is -1.04. The number of aliphatic carboxylic acids is 2. The fourth-order valence-electron chi connectivity index (χ4n) is 1.79. The van der Waals surface area contributed by atoms with E-state index in [9.17, 15) is 14.7 Å². The van der Waals surface area contributed by atoms with E-state index in [-0.39, 0.29) is 0 Å². The molecule has 104 valence electrons. The molecule has 0 aromatic carbocycles. The van der Waals surface area contributed by atoms with Crippen molar-refractivity contribution in [1.29, 1.82) is 0 Å². The van der Waals surface area contributed by atoms with Gasteiger partial charge in [0.25, 0.3) is 0 Å². The topological polar surface area (TPSA) is 86.6 Å². The first-order chi connectivity index (χ1) is 8.33. The van der Waals surface area contributed by atoms with E-state index in [0.29, 0.717) is 25.8 Å². The molecule has 6 heteroatoms. The summed E-state index contributed by atoms with van der Waals surface area (Å²) in [6.45, 7) is 4.15. The van der Waals surface area contributed by atoms with Gasteiger partial charge in [-0.05, 0) is 32.7 Å². The fourth-order valence-corrected chi connectivity index (χ4v) is 1.79. The van der Waals surface area contributed by atoms with Crippen LogP contribution in [0.5, 0.6) is 0 Å². The fraction of sp³-hybridized carbons (Fsp3) is 0.833. The van der Waals surface area contributed by atoms with Gasteiger partial charge >= 0.3 is 11.9 Å². The molecule has 0 saturated heterocycles. The highest BCUT2D eigenvalue weighted by Crippen LogP contribution is 2.34. The first kappa shape index (κ1) is 17.0. The molecule has 0 aliphatic heterocycles. The number of unbranched alkanes of at least 4 members (excludes halogenated alkanes) is 1. The first-order valence-electron chi connectivity index (χ1n) is 6.53. The molecule has 0 aromatic heterocycles. The van der Waals surface area contributed by atoms with Crippen LogP contribution in [0.4, 0.5) is 0 Å². The number of rotatable bonds is 10. The predicted molar refractivity (Wildman–Crippen MR) is 72.7 cm³/mol. The van der Waals surface area contributed by atoms with Crippen LogP contribution in [-0.2, 0) is 9.59 Å². The summed E-state index contributed by atoms with van der Waals surface area (Å²) in [6, 6.07) is -0.586. The Morgan fingerprint density at radius 2 is 1.83 bits per heavy atom. The number of carbonyl (C=O) groups is 2. The van der Waals surface area contributed by atoms with E-state index >= 15 is 0 Å². The molecule has 0 aliphatic carbocycles. The minimum absolute atomic E-state index is 0.530. The Balaban J connectivity index is 4.05. The summed E-state index contributed by atoms with van der Waals surface area (Å²) in [5.74, 6) is -1.65. The van der Waals surface area contributed by atoms with Crippen LogP contribution >= 0.6 is 0 Å². The smallest absolute Gasteiger partial charge is 0.320 e. The summed E-state index contributed by atoms with van der Waals surface area (Å²) in [6.07, 6.45) is 3.80. The molecule has 0 spiro atoms. The highest BCUT2D eigenvalue weighted by Gasteiger charge is 2.31. The highest BCUT2D eigenvalue weighted by atomic mass is 16.4. The Morgan fingerprint density at radius 1 is 1.28 bits per heavy atom. The monoisotopic (exact) mass is 257 g/mol. The van der Waals surface area contributed by atoms with Crippen LogP contribution in [0.3, 0.4) is 0 Å². The van der Waals surface area contributed by atoms with Crippen LogP contribution < -0.4 is 5.32 Å². The molecule has 0 rings (SSSR count). The third kappa shape index (κ3) is 6.05. The molecule has 18 heavy (non-hydrogen) atoms. The molecule has 0 aromatic rings. The van der Waals surface area contributed by atoms with Gasteiger partial charge in [-0.1, -0.05) is 19.8 Å². The molecular weight excluding hydrogens is 233 g/mol. The zero-order valence-electron chi connectivity index (χ0n) is 11.5. The maximum absolute atomic E-state index is 11.2. The normalized spacial score (nSPS) is 15.9. The number of carboxylic acid groups (broad SMARTS) is 2. The summed E-state index contributed by atoms with van der Waals surface area (Å²) in [7, 11) is 1.77. The Bertz CT molecular complexity index is 285. The second kappa shape index (κ2) is 8.13. The molecule has 2 atom stereocenters. The van der Waals surface area contributed by atoms with E-state index in [1.807, 2.05) is 6.92 Å². The number of hydrogen-bond acceptors (Lipinski definition) is 3. The van der Waals surface area contributed by atoms with Crippen molar-refractivity contribution in [3.63, 3.8) is 0 Å². The van der Waals surface area contributed by atoms with Crippen LogP contribution in [0.15, 0.2) is 0 Å². The lowest BCUT2D eigenvalue weighted by atomic mass is 9.63. The molecule has 0 bridgehead atoms. The molecule has 0 saturated carbocycles. The van der Waals surface area contributed by atoms with E-state index in [4.69, 9.17) is 5.11 Å². The number of nitrogens with one attached hydrogen (secondary N) is 1. The zero-order valence-corrected chi connectivity index (χ0v) is 11.5. The predicted octanol–water partition coefficient (Wildman–Crippen LogP) is 0.896. The lowest BCUT2D eigenvalue weighted by Gasteiger charge is -2.25. The summed E-state index contributed by atoms with van der Waals surface area (Å²) in [5.41, 5.74) is 0. The quantitative estimate of drug-likeness (QED) is 0.400. The van der Waals surface area contributed by atoms with Gasteiger partial charge in [0.1, 0.15) is 13.9 Å². The van der Waals surface area contributed by atoms with E-state index in [0.717, 1.165) is 12.8 Å². The van der Waals surface area contributed by atoms with Crippen LogP contribution in [0.2, 0.25) is 5.31 Å². The van der Waals surface area contributed by atoms with Crippen LogP contribution in [-0.4, -0.2) is 42.6 Å². The first-order valence-corrected chi connectivity index (χ1v) is 6.53. The van der Waals surface area contributed by atoms with Gasteiger partial charge in [0.15, 0.2) is 0 Å². The summed E-state index contributed by atoms with van der Waals surface area (Å²) in [5, 5.41) is 20.1. The Kier molecular flexibility index (Phi) is 7.67. The van der Waals surface area contributed by atoms with Gasteiger partial charge in [-0.2, -0.15) is 0 Å². The average molecular weight is 257 g/mol. The maximum Gasteiger partial charge on any atom is 0.320 e. The van der Waals surface area contributed by atoms with Crippen molar-refractivity contribution < 1.29 is 19.8 Å². The summed E-state index contributed by atoms with van der Waals surface area (Å²) < 4.78 is 0. The van der Waals surface area contributed by atoms with Crippen LogP contribution in [0.25, 0.3) is 0 Å². The van der Waals surface area contributed by atoms with Gasteiger partial charge in [0.05, 0.1) is 0 Å². The molecule has 3 N–H and O–H groups in total. The lowest BCUT2D eigenvalue weighted by Crippen LogP contribution is -2.35. The Morgan fingerprint density at radius 3 is 2.28 bits per heavy atom. The van der Waals surface area contributed by atoms with Crippen LogP contribution in [0, 0.1) is 0 Å². The highest BCUT2D eigenvalue weighted by molar-refractivity contribution is 6.26. The van der Waals surface area contributed by atoms with E-state index in [1.54, 1.807) is 14.8 Å². The average Bonchev–Trinajstić information content (AvgIpc) is 2.31. The van der Waals surface area contributed by atoms with E-state index < -0.39 is 23.3 Å². The van der Waals surface area contributed by atoms with Gasteiger partial charge in [0.2, 0.25) is 0 Å². The second-order valence-electron chi connectivity index (χ2n) is 5.09. The molecule has 2 unspecified atom stereocenters.